The van der Waals surface area contributed by atoms with E-state index in [1.807, 2.05) is 38.3 Å². The second kappa shape index (κ2) is 18.5. The molecule has 0 radical (unpaired) electrons. The highest BCUT2D eigenvalue weighted by molar-refractivity contribution is 8.00. The summed E-state index contributed by atoms with van der Waals surface area (Å²) in [5.41, 5.74) is 2.93. The minimum Gasteiger partial charge on any atom is -0.478 e. The number of carboxylic acids is 1. The fraction of sp³-hybridized carbons (Fsp3) is 0.429. The van der Waals surface area contributed by atoms with Gasteiger partial charge in [-0.1, -0.05) is 36.4 Å². The van der Waals surface area contributed by atoms with Gasteiger partial charge in [0.05, 0.1) is 11.6 Å². The number of carboxylic acid groups (broad SMARTS) is 1. The number of nitrogens with zero attached hydrogens (tertiary/aromatic N) is 1. The van der Waals surface area contributed by atoms with Gasteiger partial charge in [0.1, 0.15) is 23.7 Å². The first kappa shape index (κ1) is 43.4. The summed E-state index contributed by atoms with van der Waals surface area (Å²) in [5, 5.41) is 20.9. The van der Waals surface area contributed by atoms with Crippen molar-refractivity contribution >= 4 is 53.1 Å². The molecule has 0 spiro atoms. The maximum atomic E-state index is 14.3. The molecule has 3 unspecified atom stereocenters. The standard InChI is InChI=1S/C42H53N5O8S/c1-25(47(7)40(54)55-41(2,3)4)35(48)46-34(42(5,6)56-8)38(51)45-33(37(50)44-32-15-11-13-27-12-9-10-14-31(27)32)24-26-16-22-30(23-17-26)43-36(49)28-18-20-29(21-19-28)39(52)53/h9-10,12,14,16-23,25,32-34H,11,13,15,24H2,1-8H3,(H,43,49)(H,44,50)(H,45,51)(H,46,48)(H,52,53)/t25?,32?,33?,34-/m1/s1. The molecule has 1 aliphatic rings. The Morgan fingerprint density at radius 3 is 2.09 bits per heavy atom. The highest BCUT2D eigenvalue weighted by Gasteiger charge is 2.40. The first-order chi connectivity index (χ1) is 26.3. The fourth-order valence-electron chi connectivity index (χ4n) is 6.17. The van der Waals surface area contributed by atoms with Crippen LogP contribution in [-0.4, -0.2) is 87.5 Å². The lowest BCUT2D eigenvalue weighted by Gasteiger charge is -2.35. The van der Waals surface area contributed by atoms with Gasteiger partial charge in [-0.05, 0) is 120 Å². The van der Waals surface area contributed by atoms with E-state index in [-0.39, 0.29) is 23.6 Å². The Bertz CT molecular complexity index is 1910. The molecule has 0 saturated carbocycles. The van der Waals surface area contributed by atoms with Gasteiger partial charge in [0.25, 0.3) is 5.91 Å². The van der Waals surface area contributed by atoms with Crippen molar-refractivity contribution in [3.63, 3.8) is 0 Å². The van der Waals surface area contributed by atoms with Crippen LogP contribution < -0.4 is 21.3 Å². The summed E-state index contributed by atoms with van der Waals surface area (Å²) in [6, 6.07) is 17.0. The molecule has 5 amide bonds. The number of anilines is 1. The molecule has 5 N–H and O–H groups in total. The SMILES string of the molecule is CSC(C)(C)[C@H](NC(=O)C(C)N(C)C(=O)OC(C)(C)C)C(=O)NC(Cc1ccc(NC(=O)c2ccc(C(=O)O)cc2)cc1)C(=O)NC1CCCc2ccccc21. The topological polar surface area (TPSA) is 183 Å². The van der Waals surface area contributed by atoms with E-state index in [4.69, 9.17) is 9.84 Å². The van der Waals surface area contributed by atoms with Crippen LogP contribution in [0.4, 0.5) is 10.5 Å². The number of likely N-dealkylation sites (N-methyl/N-ethyl adjacent to an activating group) is 1. The van der Waals surface area contributed by atoms with Crippen molar-refractivity contribution in [2.45, 2.75) is 102 Å². The van der Waals surface area contributed by atoms with Crippen LogP contribution in [0.3, 0.4) is 0 Å². The summed E-state index contributed by atoms with van der Waals surface area (Å²) in [5.74, 6) is -3.07. The van der Waals surface area contributed by atoms with E-state index in [1.54, 1.807) is 52.0 Å². The zero-order chi connectivity index (χ0) is 41.4. The summed E-state index contributed by atoms with van der Waals surface area (Å²) >= 11 is 1.36. The molecule has 3 aromatic rings. The number of rotatable bonds is 14. The molecule has 0 aromatic heterocycles. The summed E-state index contributed by atoms with van der Waals surface area (Å²) in [6.45, 7) is 10.3. The number of fused-ring (bicyclic) bond motifs is 1. The first-order valence-corrected chi connectivity index (χ1v) is 19.8. The van der Waals surface area contributed by atoms with Crippen molar-refractivity contribution in [1.29, 1.82) is 0 Å². The Morgan fingerprint density at radius 2 is 1.48 bits per heavy atom. The average Bonchev–Trinajstić information content (AvgIpc) is 3.15. The molecule has 300 valence electrons. The second-order valence-corrected chi connectivity index (χ2v) is 16.9. The quantitative estimate of drug-likeness (QED) is 0.136. The third-order valence-corrected chi connectivity index (χ3v) is 11.1. The Labute approximate surface area is 332 Å². The largest absolute Gasteiger partial charge is 0.478 e. The summed E-state index contributed by atoms with van der Waals surface area (Å²) < 4.78 is 4.60. The highest BCUT2D eigenvalue weighted by Crippen LogP contribution is 2.30. The normalized spacial score (nSPS) is 15.5. The van der Waals surface area contributed by atoms with Crippen molar-refractivity contribution in [3.8, 4) is 0 Å². The predicted octanol–water partition coefficient (Wildman–Crippen LogP) is 5.74. The number of carbonyl (C=O) groups is 6. The molecule has 13 nitrogen and oxygen atoms in total. The van der Waals surface area contributed by atoms with Gasteiger partial charge in [-0.15, -0.1) is 0 Å². The first-order valence-electron chi connectivity index (χ1n) is 18.5. The monoisotopic (exact) mass is 787 g/mol. The van der Waals surface area contributed by atoms with E-state index < -0.39 is 64.2 Å². The van der Waals surface area contributed by atoms with Crippen LogP contribution in [0.25, 0.3) is 0 Å². The molecule has 56 heavy (non-hydrogen) atoms. The van der Waals surface area contributed by atoms with Crippen LogP contribution in [0.15, 0.2) is 72.8 Å². The van der Waals surface area contributed by atoms with Crippen LogP contribution in [0.2, 0.25) is 0 Å². The van der Waals surface area contributed by atoms with Gasteiger partial charge in [0.2, 0.25) is 17.7 Å². The maximum absolute atomic E-state index is 14.3. The number of thioether (sulfide) groups is 1. The van der Waals surface area contributed by atoms with Crippen LogP contribution in [0, 0.1) is 0 Å². The van der Waals surface area contributed by atoms with Crippen LogP contribution >= 0.6 is 11.8 Å². The minimum atomic E-state index is -1.10. The molecule has 0 saturated heterocycles. The van der Waals surface area contributed by atoms with Gasteiger partial charge < -0.3 is 31.1 Å². The number of benzene rings is 3. The van der Waals surface area contributed by atoms with Gasteiger partial charge >= 0.3 is 12.1 Å². The molecular formula is C42H53N5O8S. The van der Waals surface area contributed by atoms with Crippen molar-refractivity contribution < 1.29 is 38.6 Å². The van der Waals surface area contributed by atoms with Gasteiger partial charge in [0, 0.05) is 29.5 Å². The molecule has 0 fully saturated rings. The molecule has 0 bridgehead atoms. The zero-order valence-corrected chi connectivity index (χ0v) is 34.0. The number of hydrogen-bond acceptors (Lipinski definition) is 8. The molecule has 4 rings (SSSR count). The van der Waals surface area contributed by atoms with Gasteiger partial charge in [-0.2, -0.15) is 11.8 Å². The summed E-state index contributed by atoms with van der Waals surface area (Å²) in [4.78, 5) is 79.9. The molecule has 1 aliphatic carbocycles. The summed E-state index contributed by atoms with van der Waals surface area (Å²) in [6.07, 6.45) is 3.76. The maximum Gasteiger partial charge on any atom is 0.410 e. The number of hydrogen-bond donors (Lipinski definition) is 5. The van der Waals surface area contributed by atoms with E-state index in [2.05, 4.69) is 27.3 Å². The molecule has 0 heterocycles. The van der Waals surface area contributed by atoms with Crippen LogP contribution in [0.1, 0.15) is 97.8 Å². The Hall–Kier alpha value is -5.37. The van der Waals surface area contributed by atoms with Crippen molar-refractivity contribution in [2.24, 2.45) is 0 Å². The van der Waals surface area contributed by atoms with E-state index >= 15 is 0 Å². The van der Waals surface area contributed by atoms with Gasteiger partial charge in [0.15, 0.2) is 0 Å². The Morgan fingerprint density at radius 1 is 0.857 bits per heavy atom. The number of aromatic carboxylic acids is 1. The zero-order valence-electron chi connectivity index (χ0n) is 33.2. The molecule has 0 aliphatic heterocycles. The predicted molar refractivity (Wildman–Crippen MR) is 217 cm³/mol. The third kappa shape index (κ3) is 11.6. The van der Waals surface area contributed by atoms with Crippen molar-refractivity contribution in [3.05, 3.63) is 101 Å². The van der Waals surface area contributed by atoms with E-state index in [0.29, 0.717) is 11.3 Å². The number of aryl methyl sites for hydroxylation is 1. The fourth-order valence-corrected chi connectivity index (χ4v) is 6.57. The van der Waals surface area contributed by atoms with Gasteiger partial charge in [-0.25, -0.2) is 9.59 Å². The smallest absolute Gasteiger partial charge is 0.410 e. The van der Waals surface area contributed by atoms with Crippen LogP contribution in [-0.2, 0) is 32.0 Å². The average molecular weight is 788 g/mol. The van der Waals surface area contributed by atoms with E-state index in [0.717, 1.165) is 30.4 Å². The second-order valence-electron chi connectivity index (χ2n) is 15.5. The van der Waals surface area contributed by atoms with Crippen molar-refractivity contribution in [2.75, 3.05) is 18.6 Å². The lowest BCUT2D eigenvalue weighted by Crippen LogP contribution is -2.62. The van der Waals surface area contributed by atoms with E-state index in [9.17, 15) is 28.8 Å². The lowest BCUT2D eigenvalue weighted by molar-refractivity contribution is -0.134. The molecule has 14 heteroatoms. The molecule has 3 aromatic carbocycles. The van der Waals surface area contributed by atoms with Crippen molar-refractivity contribution in [1.82, 2.24) is 20.9 Å². The number of amides is 5. The number of carbonyl (C=O) groups excluding carboxylic acids is 5. The highest BCUT2D eigenvalue weighted by atomic mass is 32.2. The Kier molecular flexibility index (Phi) is 14.3. The number of ether oxygens (including phenoxy) is 1. The Balaban J connectivity index is 1.56. The summed E-state index contributed by atoms with van der Waals surface area (Å²) in [7, 11) is 1.45. The van der Waals surface area contributed by atoms with Gasteiger partial charge in [-0.3, -0.25) is 24.1 Å². The van der Waals surface area contributed by atoms with E-state index in [1.165, 1.54) is 48.0 Å². The number of nitrogens with one attached hydrogen (secondary N) is 4. The minimum absolute atomic E-state index is 0.0651. The molecular weight excluding hydrogens is 735 g/mol. The third-order valence-electron chi connectivity index (χ3n) is 9.78. The molecule has 4 atom stereocenters. The lowest BCUT2D eigenvalue weighted by atomic mass is 9.87. The van der Waals surface area contributed by atoms with Crippen LogP contribution in [0.5, 0.6) is 0 Å².